The lowest BCUT2D eigenvalue weighted by Gasteiger charge is -2.31. The standard InChI is InChI=1S/C32H33Cl2N5O2/c1-21(40)25-6-2-3-7-26(25)32(41)36-14-4-5-17-39-18-12-23(13-19-39)31-37-29(22-10-15-35-16-11-22)30(38-31)24-8-9-27(33)28(34)20-24/h2-3,6-11,15-16,20,23H,4-5,12-14,17-19H2,1H3,(H,36,41)(H,37,38). The predicted molar refractivity (Wildman–Crippen MR) is 164 cm³/mol. The molecule has 0 saturated carbocycles. The molecule has 1 aliphatic heterocycles. The first-order valence-corrected chi connectivity index (χ1v) is 14.7. The zero-order valence-electron chi connectivity index (χ0n) is 23.0. The van der Waals surface area contributed by atoms with Gasteiger partial charge in [0.25, 0.3) is 5.91 Å². The van der Waals surface area contributed by atoms with E-state index in [0.717, 1.165) is 73.7 Å². The summed E-state index contributed by atoms with van der Waals surface area (Å²) in [5, 5.41) is 3.98. The largest absolute Gasteiger partial charge is 0.352 e. The summed E-state index contributed by atoms with van der Waals surface area (Å²) in [5.74, 6) is 1.03. The van der Waals surface area contributed by atoms with Crippen LogP contribution < -0.4 is 5.32 Å². The minimum atomic E-state index is -0.193. The van der Waals surface area contributed by atoms with Gasteiger partial charge in [0.2, 0.25) is 0 Å². The van der Waals surface area contributed by atoms with Crippen molar-refractivity contribution < 1.29 is 9.59 Å². The molecule has 1 amide bonds. The summed E-state index contributed by atoms with van der Waals surface area (Å²) in [7, 11) is 0. The van der Waals surface area contributed by atoms with Gasteiger partial charge >= 0.3 is 0 Å². The molecule has 0 radical (unpaired) electrons. The van der Waals surface area contributed by atoms with E-state index in [1.165, 1.54) is 6.92 Å². The summed E-state index contributed by atoms with van der Waals surface area (Å²) >= 11 is 12.5. The molecular weight excluding hydrogens is 557 g/mol. The maximum Gasteiger partial charge on any atom is 0.252 e. The van der Waals surface area contributed by atoms with E-state index >= 15 is 0 Å². The van der Waals surface area contributed by atoms with E-state index < -0.39 is 0 Å². The summed E-state index contributed by atoms with van der Waals surface area (Å²) in [6, 6.07) is 16.5. The summed E-state index contributed by atoms with van der Waals surface area (Å²) in [4.78, 5) is 39.7. The molecule has 0 spiro atoms. The van der Waals surface area contributed by atoms with Crippen molar-refractivity contribution >= 4 is 34.9 Å². The van der Waals surface area contributed by atoms with Gasteiger partial charge in [0.05, 0.1) is 27.0 Å². The van der Waals surface area contributed by atoms with Gasteiger partial charge in [0.1, 0.15) is 5.82 Å². The molecule has 0 atom stereocenters. The van der Waals surface area contributed by atoms with E-state index in [4.69, 9.17) is 28.2 Å². The van der Waals surface area contributed by atoms with Crippen molar-refractivity contribution in [1.29, 1.82) is 0 Å². The molecule has 212 valence electrons. The van der Waals surface area contributed by atoms with E-state index in [1.54, 1.807) is 42.7 Å². The van der Waals surface area contributed by atoms with Crippen LogP contribution in [0.3, 0.4) is 0 Å². The van der Waals surface area contributed by atoms with Gasteiger partial charge < -0.3 is 15.2 Å². The second-order valence-corrected chi connectivity index (χ2v) is 11.2. The van der Waals surface area contributed by atoms with E-state index in [1.807, 2.05) is 24.3 Å². The highest BCUT2D eigenvalue weighted by molar-refractivity contribution is 6.42. The number of hydrogen-bond donors (Lipinski definition) is 2. The third kappa shape index (κ3) is 7.04. The SMILES string of the molecule is CC(=O)c1ccccc1C(=O)NCCCCN1CCC(c2nc(-c3ccc(Cl)c(Cl)c3)c(-c3ccncc3)[nH]2)CC1. The molecule has 7 nitrogen and oxygen atoms in total. The van der Waals surface area contributed by atoms with Crippen molar-refractivity contribution in [3.05, 3.63) is 94.0 Å². The van der Waals surface area contributed by atoms with Crippen LogP contribution in [0.5, 0.6) is 0 Å². The maximum atomic E-state index is 12.5. The normalized spacial score (nSPS) is 14.2. The van der Waals surface area contributed by atoms with Gasteiger partial charge in [-0.15, -0.1) is 0 Å². The number of benzene rings is 2. The number of piperidine rings is 1. The number of rotatable bonds is 10. The monoisotopic (exact) mass is 589 g/mol. The number of carbonyl (C=O) groups excluding carboxylic acids is 2. The third-order valence-corrected chi connectivity index (χ3v) is 8.34. The summed E-state index contributed by atoms with van der Waals surface area (Å²) < 4.78 is 0. The van der Waals surface area contributed by atoms with Crippen LogP contribution in [0.1, 0.15) is 65.1 Å². The molecule has 0 aliphatic carbocycles. The summed E-state index contributed by atoms with van der Waals surface area (Å²) in [6.45, 7) is 5.05. The molecule has 5 rings (SSSR count). The van der Waals surface area contributed by atoms with Crippen molar-refractivity contribution in [3.8, 4) is 22.5 Å². The zero-order chi connectivity index (χ0) is 28.8. The molecule has 41 heavy (non-hydrogen) atoms. The van der Waals surface area contributed by atoms with Gasteiger partial charge in [-0.3, -0.25) is 14.6 Å². The molecule has 3 heterocycles. The van der Waals surface area contributed by atoms with Crippen LogP contribution >= 0.6 is 23.2 Å². The molecule has 9 heteroatoms. The summed E-state index contributed by atoms with van der Waals surface area (Å²) in [6.07, 6.45) is 7.47. The van der Waals surface area contributed by atoms with E-state index in [0.29, 0.717) is 33.6 Å². The van der Waals surface area contributed by atoms with Gasteiger partial charge in [0, 0.05) is 41.5 Å². The molecule has 2 aromatic carbocycles. The number of imidazole rings is 1. The zero-order valence-corrected chi connectivity index (χ0v) is 24.5. The van der Waals surface area contributed by atoms with Crippen LogP contribution in [0.2, 0.25) is 10.0 Å². The number of unbranched alkanes of at least 4 members (excludes halogenated alkanes) is 1. The number of pyridine rings is 1. The smallest absolute Gasteiger partial charge is 0.252 e. The Morgan fingerprint density at radius 1 is 0.951 bits per heavy atom. The van der Waals surface area contributed by atoms with Crippen LogP contribution in [0, 0.1) is 0 Å². The number of likely N-dealkylation sites (tertiary alicyclic amines) is 1. The molecule has 0 unspecified atom stereocenters. The number of nitrogens with one attached hydrogen (secondary N) is 2. The number of aromatic nitrogens is 3. The number of nitrogens with zero attached hydrogens (tertiary/aromatic N) is 3. The van der Waals surface area contributed by atoms with Crippen LogP contribution in [-0.2, 0) is 0 Å². The number of Topliss-reactive ketones (excluding diaryl/α,β-unsaturated/α-hetero) is 1. The fourth-order valence-corrected chi connectivity index (χ4v) is 5.64. The Kier molecular flexibility index (Phi) is 9.49. The maximum absolute atomic E-state index is 12.5. The number of halogens is 2. The average Bonchev–Trinajstić information content (AvgIpc) is 3.44. The van der Waals surface area contributed by atoms with Gasteiger partial charge in [-0.2, -0.15) is 0 Å². The van der Waals surface area contributed by atoms with Gasteiger partial charge in [-0.05, 0) is 82.6 Å². The molecular formula is C32H33Cl2N5O2. The Hall–Kier alpha value is -3.52. The number of ketones is 1. The van der Waals surface area contributed by atoms with E-state index in [9.17, 15) is 9.59 Å². The van der Waals surface area contributed by atoms with E-state index in [-0.39, 0.29) is 11.7 Å². The Labute approximate surface area is 250 Å². The lowest BCUT2D eigenvalue weighted by atomic mass is 9.96. The molecule has 1 fully saturated rings. The molecule has 0 bridgehead atoms. The highest BCUT2D eigenvalue weighted by Gasteiger charge is 2.25. The topological polar surface area (TPSA) is 91.0 Å². The number of H-pyrrole nitrogens is 1. The average molecular weight is 591 g/mol. The van der Waals surface area contributed by atoms with Crippen LogP contribution in [0.25, 0.3) is 22.5 Å². The number of carbonyl (C=O) groups is 2. The van der Waals surface area contributed by atoms with E-state index in [2.05, 4.69) is 20.2 Å². The lowest BCUT2D eigenvalue weighted by Crippen LogP contribution is -2.34. The minimum absolute atomic E-state index is 0.104. The molecule has 4 aromatic rings. The van der Waals surface area contributed by atoms with Gasteiger partial charge in [-0.1, -0.05) is 47.5 Å². The van der Waals surface area contributed by atoms with Gasteiger partial charge in [0.15, 0.2) is 5.78 Å². The Bertz CT molecular complexity index is 1510. The van der Waals surface area contributed by atoms with Crippen LogP contribution in [0.4, 0.5) is 0 Å². The lowest BCUT2D eigenvalue weighted by molar-refractivity contribution is 0.0937. The van der Waals surface area contributed by atoms with Crippen molar-refractivity contribution in [2.75, 3.05) is 26.2 Å². The number of hydrogen-bond acceptors (Lipinski definition) is 5. The molecule has 2 aromatic heterocycles. The number of aromatic amines is 1. The fourth-order valence-electron chi connectivity index (χ4n) is 5.34. The second-order valence-electron chi connectivity index (χ2n) is 10.4. The van der Waals surface area contributed by atoms with Crippen LogP contribution in [0.15, 0.2) is 67.0 Å². The summed E-state index contributed by atoms with van der Waals surface area (Å²) in [5.41, 5.74) is 4.66. The van der Waals surface area contributed by atoms with Crippen LogP contribution in [-0.4, -0.2) is 57.7 Å². The molecule has 1 aliphatic rings. The highest BCUT2D eigenvalue weighted by Crippen LogP contribution is 2.36. The third-order valence-electron chi connectivity index (χ3n) is 7.60. The first kappa shape index (κ1) is 29.0. The Morgan fingerprint density at radius 2 is 1.68 bits per heavy atom. The van der Waals surface area contributed by atoms with Crippen molar-refractivity contribution in [1.82, 2.24) is 25.2 Å². The molecule has 1 saturated heterocycles. The Morgan fingerprint density at radius 3 is 2.39 bits per heavy atom. The van der Waals surface area contributed by atoms with Gasteiger partial charge in [-0.25, -0.2) is 4.98 Å². The molecule has 2 N–H and O–H groups in total. The second kappa shape index (κ2) is 13.4. The van der Waals surface area contributed by atoms with Crippen molar-refractivity contribution in [3.63, 3.8) is 0 Å². The number of amides is 1. The minimum Gasteiger partial charge on any atom is -0.352 e. The first-order valence-electron chi connectivity index (χ1n) is 14.0. The van der Waals surface area contributed by atoms with Crippen molar-refractivity contribution in [2.45, 2.75) is 38.5 Å². The van der Waals surface area contributed by atoms with Crippen molar-refractivity contribution in [2.24, 2.45) is 0 Å². The highest BCUT2D eigenvalue weighted by atomic mass is 35.5. The Balaban J connectivity index is 1.14. The fraction of sp³-hybridized carbons (Fsp3) is 0.312. The predicted octanol–water partition coefficient (Wildman–Crippen LogP) is 7.04. The quantitative estimate of drug-likeness (QED) is 0.153. The first-order chi connectivity index (χ1) is 19.9.